The third-order valence-electron chi connectivity index (χ3n) is 5.07. The van der Waals surface area contributed by atoms with Crippen LogP contribution in [0.4, 0.5) is 4.79 Å². The highest BCUT2D eigenvalue weighted by Gasteiger charge is 2.31. The zero-order chi connectivity index (χ0) is 19.1. The summed E-state index contributed by atoms with van der Waals surface area (Å²) in [6.45, 7) is 0.500. The lowest BCUT2D eigenvalue weighted by Gasteiger charge is -2.21. The van der Waals surface area contributed by atoms with Crippen LogP contribution in [0.1, 0.15) is 49.1 Å². The Morgan fingerprint density at radius 1 is 1.07 bits per heavy atom. The number of hydrogen-bond donors (Lipinski definition) is 0. The zero-order valence-corrected chi connectivity index (χ0v) is 15.8. The summed E-state index contributed by atoms with van der Waals surface area (Å²) >= 11 is 5.52. The lowest BCUT2D eigenvalue weighted by Crippen LogP contribution is -2.18. The SMILES string of the molecule is [N-]=[N+]=NCCCCCC(CC1c2ccccc2-c2ccccc21)OC(=O)Cl. The van der Waals surface area contributed by atoms with Crippen LogP contribution >= 0.6 is 11.6 Å². The summed E-state index contributed by atoms with van der Waals surface area (Å²) in [5.41, 5.74) is 12.6. The van der Waals surface area contributed by atoms with Crippen molar-refractivity contribution in [3.63, 3.8) is 0 Å². The van der Waals surface area contributed by atoms with Crippen molar-refractivity contribution in [2.24, 2.45) is 5.11 Å². The monoisotopic (exact) mass is 383 g/mol. The van der Waals surface area contributed by atoms with Crippen LogP contribution < -0.4 is 0 Å². The van der Waals surface area contributed by atoms with E-state index < -0.39 is 5.43 Å². The molecule has 0 heterocycles. The maximum Gasteiger partial charge on any atom is 0.404 e. The molecule has 0 spiro atoms. The number of rotatable bonds is 9. The van der Waals surface area contributed by atoms with E-state index in [1.807, 2.05) is 0 Å². The molecule has 6 heteroatoms. The summed E-state index contributed by atoms with van der Waals surface area (Å²) in [7, 11) is 0. The predicted molar refractivity (Wildman–Crippen MR) is 107 cm³/mol. The van der Waals surface area contributed by atoms with Crippen LogP contribution in [0, 0.1) is 0 Å². The summed E-state index contributed by atoms with van der Waals surface area (Å²) in [4.78, 5) is 14.1. The number of hydrogen-bond acceptors (Lipinski definition) is 3. The lowest BCUT2D eigenvalue weighted by atomic mass is 9.89. The van der Waals surface area contributed by atoms with Crippen molar-refractivity contribution in [2.75, 3.05) is 6.54 Å². The zero-order valence-electron chi connectivity index (χ0n) is 15.1. The van der Waals surface area contributed by atoms with Crippen LogP contribution in [0.3, 0.4) is 0 Å². The number of nitrogens with zero attached hydrogens (tertiary/aromatic N) is 3. The van der Waals surface area contributed by atoms with E-state index >= 15 is 0 Å². The Balaban J connectivity index is 1.71. The van der Waals surface area contributed by atoms with Gasteiger partial charge in [-0.3, -0.25) is 0 Å². The van der Waals surface area contributed by atoms with Crippen LogP contribution in [-0.2, 0) is 4.74 Å². The van der Waals surface area contributed by atoms with Gasteiger partial charge >= 0.3 is 5.43 Å². The normalized spacial score (nSPS) is 13.4. The third kappa shape index (κ3) is 4.82. The van der Waals surface area contributed by atoms with Crippen LogP contribution in [0.5, 0.6) is 0 Å². The average Bonchev–Trinajstić information content (AvgIpc) is 2.98. The minimum absolute atomic E-state index is 0.196. The van der Waals surface area contributed by atoms with E-state index in [0.29, 0.717) is 13.0 Å². The molecule has 0 saturated heterocycles. The van der Waals surface area contributed by atoms with Crippen molar-refractivity contribution in [1.82, 2.24) is 0 Å². The maximum atomic E-state index is 11.4. The molecule has 27 heavy (non-hydrogen) atoms. The Labute approximate surface area is 163 Å². The topological polar surface area (TPSA) is 75.1 Å². The summed E-state index contributed by atoms with van der Waals surface area (Å²) in [6.07, 6.45) is 3.87. The molecule has 1 aliphatic rings. The van der Waals surface area contributed by atoms with E-state index in [1.165, 1.54) is 22.3 Å². The Kier molecular flexibility index (Phi) is 6.74. The molecule has 5 nitrogen and oxygen atoms in total. The standard InChI is InChI=1S/C21H22ClN3O2/c22-21(26)27-15(8-2-1-7-13-24-25-23)14-20-18-11-5-3-9-16(18)17-10-4-6-12-19(17)20/h3-6,9-12,15,20H,1-2,7-8,13-14H2. The Hall–Kier alpha value is -2.49. The minimum Gasteiger partial charge on any atom is -0.450 e. The second-order valence-electron chi connectivity index (χ2n) is 6.74. The van der Waals surface area contributed by atoms with E-state index in [1.54, 1.807) is 0 Å². The Bertz CT molecular complexity index is 803. The molecular weight excluding hydrogens is 362 g/mol. The summed E-state index contributed by atoms with van der Waals surface area (Å²) in [5.74, 6) is 0.196. The molecule has 0 fully saturated rings. The highest BCUT2D eigenvalue weighted by molar-refractivity contribution is 6.61. The molecule has 0 bridgehead atoms. The predicted octanol–water partition coefficient (Wildman–Crippen LogP) is 6.80. The number of fused-ring (bicyclic) bond motifs is 3. The van der Waals surface area contributed by atoms with Crippen molar-refractivity contribution >= 4 is 17.0 Å². The van der Waals surface area contributed by atoms with Gasteiger partial charge in [0.15, 0.2) is 0 Å². The van der Waals surface area contributed by atoms with Crippen molar-refractivity contribution in [3.05, 3.63) is 70.1 Å². The van der Waals surface area contributed by atoms with Gasteiger partial charge in [-0.2, -0.15) is 0 Å². The quantitative estimate of drug-likeness (QED) is 0.157. The van der Waals surface area contributed by atoms with E-state index in [0.717, 1.165) is 25.7 Å². The number of halogens is 1. The van der Waals surface area contributed by atoms with Crippen LogP contribution in [0.2, 0.25) is 0 Å². The van der Waals surface area contributed by atoms with Crippen LogP contribution in [0.25, 0.3) is 21.6 Å². The smallest absolute Gasteiger partial charge is 0.404 e. The first-order chi connectivity index (χ1) is 13.2. The van der Waals surface area contributed by atoms with Crippen molar-refractivity contribution in [3.8, 4) is 11.1 Å². The molecular formula is C21H22ClN3O2. The first kappa shape index (κ1) is 19.3. The number of benzene rings is 2. The van der Waals surface area contributed by atoms with Gasteiger partial charge in [0, 0.05) is 29.0 Å². The molecule has 0 N–H and O–H groups in total. The maximum absolute atomic E-state index is 11.4. The van der Waals surface area contributed by atoms with Gasteiger partial charge in [0.1, 0.15) is 6.10 Å². The van der Waals surface area contributed by atoms with Gasteiger partial charge in [-0.25, -0.2) is 4.79 Å². The fourth-order valence-corrected chi connectivity index (χ4v) is 4.03. The van der Waals surface area contributed by atoms with Gasteiger partial charge in [0.25, 0.3) is 0 Å². The molecule has 0 radical (unpaired) electrons. The number of azide groups is 1. The van der Waals surface area contributed by atoms with Crippen molar-refractivity contribution in [1.29, 1.82) is 0 Å². The lowest BCUT2D eigenvalue weighted by molar-refractivity contribution is 0.105. The minimum atomic E-state index is -0.756. The van der Waals surface area contributed by atoms with E-state index in [9.17, 15) is 4.79 Å². The Morgan fingerprint density at radius 2 is 1.70 bits per heavy atom. The number of carbonyl (C=O) groups is 1. The van der Waals surface area contributed by atoms with Crippen LogP contribution in [0.15, 0.2) is 53.6 Å². The molecule has 2 aromatic rings. The molecule has 1 atom stereocenters. The third-order valence-corrected chi connectivity index (χ3v) is 5.16. The average molecular weight is 384 g/mol. The largest absolute Gasteiger partial charge is 0.450 e. The highest BCUT2D eigenvalue weighted by Crippen LogP contribution is 2.47. The van der Waals surface area contributed by atoms with Gasteiger partial charge in [-0.1, -0.05) is 60.1 Å². The first-order valence-electron chi connectivity index (χ1n) is 9.26. The summed E-state index contributed by atoms with van der Waals surface area (Å²) in [5, 5.41) is 3.54. The molecule has 0 amide bonds. The Morgan fingerprint density at radius 3 is 2.30 bits per heavy atom. The highest BCUT2D eigenvalue weighted by atomic mass is 35.5. The first-order valence-corrected chi connectivity index (χ1v) is 9.63. The molecule has 140 valence electrons. The number of unbranched alkanes of at least 4 members (excludes halogenated alkanes) is 2. The molecule has 0 aliphatic heterocycles. The second-order valence-corrected chi connectivity index (χ2v) is 7.05. The fraction of sp³-hybridized carbons (Fsp3) is 0.381. The second kappa shape index (κ2) is 9.45. The van der Waals surface area contributed by atoms with E-state index in [4.69, 9.17) is 21.9 Å². The van der Waals surface area contributed by atoms with Gasteiger partial charge in [0.05, 0.1) is 0 Å². The summed E-state index contributed by atoms with van der Waals surface area (Å²) < 4.78 is 5.41. The van der Waals surface area contributed by atoms with Gasteiger partial charge in [0.2, 0.25) is 0 Å². The molecule has 1 aliphatic carbocycles. The molecule has 2 aromatic carbocycles. The van der Waals surface area contributed by atoms with Gasteiger partial charge in [-0.05, 0) is 53.5 Å². The number of carbonyl (C=O) groups excluding carboxylic acids is 1. The van der Waals surface area contributed by atoms with Gasteiger partial charge in [-0.15, -0.1) is 0 Å². The molecule has 0 aromatic heterocycles. The molecule has 0 saturated carbocycles. The summed E-state index contributed by atoms with van der Waals surface area (Å²) in [6, 6.07) is 16.8. The van der Waals surface area contributed by atoms with Crippen LogP contribution in [-0.4, -0.2) is 18.1 Å². The van der Waals surface area contributed by atoms with Gasteiger partial charge < -0.3 is 4.74 Å². The van der Waals surface area contributed by atoms with E-state index in [-0.39, 0.29) is 12.0 Å². The molecule has 1 unspecified atom stereocenters. The molecule has 3 rings (SSSR count). The van der Waals surface area contributed by atoms with Crippen molar-refractivity contribution in [2.45, 2.75) is 44.1 Å². The number of ether oxygens (including phenoxy) is 1. The fourth-order valence-electron chi connectivity index (χ4n) is 3.91. The van der Waals surface area contributed by atoms with E-state index in [2.05, 4.69) is 58.6 Å². The van der Waals surface area contributed by atoms with Crippen molar-refractivity contribution < 1.29 is 9.53 Å².